The second-order valence-electron chi connectivity index (χ2n) is 5.52. The van der Waals surface area contributed by atoms with Crippen LogP contribution in [0.4, 0.5) is 4.79 Å². The van der Waals surface area contributed by atoms with Crippen molar-refractivity contribution in [1.29, 1.82) is 0 Å². The third-order valence-corrected chi connectivity index (χ3v) is 3.98. The zero-order valence-electron chi connectivity index (χ0n) is 11.5. The Kier molecular flexibility index (Phi) is 3.17. The smallest absolute Gasteiger partial charge is 0.323 e. The molecule has 2 aliphatic rings. The summed E-state index contributed by atoms with van der Waals surface area (Å²) in [6.07, 6.45) is 4.75. The lowest BCUT2D eigenvalue weighted by molar-refractivity contribution is -0.132. The molecule has 20 heavy (non-hydrogen) atoms. The molecule has 3 heterocycles. The first-order chi connectivity index (χ1) is 9.61. The fourth-order valence-corrected chi connectivity index (χ4v) is 2.90. The number of hydrogen-bond donors (Lipinski definition) is 2. The Morgan fingerprint density at radius 2 is 2.05 bits per heavy atom. The first kappa shape index (κ1) is 13.1. The minimum Gasteiger partial charge on any atom is -0.323 e. The number of rotatable bonds is 2. The number of aromatic nitrogens is 1. The zero-order valence-corrected chi connectivity index (χ0v) is 11.5. The van der Waals surface area contributed by atoms with Crippen LogP contribution in [0, 0.1) is 6.92 Å². The summed E-state index contributed by atoms with van der Waals surface area (Å²) >= 11 is 0. The Balaban J connectivity index is 1.80. The normalized spacial score (nSPS) is 21.4. The van der Waals surface area contributed by atoms with E-state index in [1.165, 1.54) is 4.90 Å². The number of hydrogen-bond acceptors (Lipinski definition) is 4. The average molecular weight is 274 g/mol. The van der Waals surface area contributed by atoms with Gasteiger partial charge in [0.15, 0.2) is 0 Å². The number of nitrogens with zero attached hydrogens (tertiary/aromatic N) is 2. The average Bonchev–Trinajstić information content (AvgIpc) is 2.64. The molecule has 0 bridgehead atoms. The van der Waals surface area contributed by atoms with E-state index in [1.807, 2.05) is 13.0 Å². The topological polar surface area (TPSA) is 74.3 Å². The predicted molar refractivity (Wildman–Crippen MR) is 72.9 cm³/mol. The molecule has 3 rings (SSSR count). The van der Waals surface area contributed by atoms with Gasteiger partial charge in [0.05, 0.1) is 6.54 Å². The first-order valence-electron chi connectivity index (χ1n) is 6.86. The summed E-state index contributed by atoms with van der Waals surface area (Å²) < 4.78 is 0. The van der Waals surface area contributed by atoms with E-state index >= 15 is 0 Å². The monoisotopic (exact) mass is 274 g/mol. The molecule has 0 saturated carbocycles. The van der Waals surface area contributed by atoms with E-state index < -0.39 is 5.54 Å². The van der Waals surface area contributed by atoms with E-state index in [4.69, 9.17) is 0 Å². The maximum Gasteiger partial charge on any atom is 0.325 e. The van der Waals surface area contributed by atoms with Crippen LogP contribution in [0.3, 0.4) is 0 Å². The summed E-state index contributed by atoms with van der Waals surface area (Å²) in [4.78, 5) is 30.1. The van der Waals surface area contributed by atoms with Crippen molar-refractivity contribution in [2.24, 2.45) is 0 Å². The molecule has 1 aromatic heterocycles. The van der Waals surface area contributed by atoms with Crippen LogP contribution in [0.25, 0.3) is 0 Å². The second-order valence-corrected chi connectivity index (χ2v) is 5.52. The van der Waals surface area contributed by atoms with E-state index in [-0.39, 0.29) is 18.5 Å². The van der Waals surface area contributed by atoms with E-state index in [1.54, 1.807) is 12.4 Å². The highest BCUT2D eigenvalue weighted by Crippen LogP contribution is 2.27. The Morgan fingerprint density at radius 1 is 1.30 bits per heavy atom. The lowest BCUT2D eigenvalue weighted by atomic mass is 9.88. The van der Waals surface area contributed by atoms with E-state index in [0.29, 0.717) is 12.8 Å². The molecule has 2 N–H and O–H groups in total. The van der Waals surface area contributed by atoms with Gasteiger partial charge in [0.1, 0.15) is 5.54 Å². The van der Waals surface area contributed by atoms with Crippen molar-refractivity contribution in [2.75, 3.05) is 13.1 Å². The van der Waals surface area contributed by atoms with Crippen molar-refractivity contribution in [3.05, 3.63) is 29.6 Å². The molecule has 6 nitrogen and oxygen atoms in total. The Labute approximate surface area is 117 Å². The number of piperidine rings is 1. The predicted octanol–water partition coefficient (Wildman–Crippen LogP) is 0.564. The molecule has 0 aromatic carbocycles. The number of aryl methyl sites for hydroxylation is 1. The number of amides is 3. The first-order valence-corrected chi connectivity index (χ1v) is 6.86. The molecule has 106 valence electrons. The summed E-state index contributed by atoms with van der Waals surface area (Å²) in [5, 5.41) is 6.09. The van der Waals surface area contributed by atoms with Gasteiger partial charge >= 0.3 is 6.03 Å². The molecule has 2 fully saturated rings. The van der Waals surface area contributed by atoms with Gasteiger partial charge in [0.25, 0.3) is 5.91 Å². The van der Waals surface area contributed by atoms with Crippen molar-refractivity contribution in [3.63, 3.8) is 0 Å². The summed E-state index contributed by atoms with van der Waals surface area (Å²) in [6.45, 7) is 3.74. The third kappa shape index (κ3) is 2.16. The molecule has 0 unspecified atom stereocenters. The number of urea groups is 1. The van der Waals surface area contributed by atoms with Crippen molar-refractivity contribution in [3.8, 4) is 0 Å². The zero-order chi connectivity index (χ0) is 14.2. The van der Waals surface area contributed by atoms with Crippen molar-refractivity contribution in [1.82, 2.24) is 20.5 Å². The van der Waals surface area contributed by atoms with Crippen LogP contribution in [0.5, 0.6) is 0 Å². The Hall–Kier alpha value is -1.95. The molecule has 6 heteroatoms. The highest BCUT2D eigenvalue weighted by Gasteiger charge is 2.51. The van der Waals surface area contributed by atoms with Crippen LogP contribution < -0.4 is 10.6 Å². The summed E-state index contributed by atoms with van der Waals surface area (Å²) in [7, 11) is 0. The second kappa shape index (κ2) is 4.86. The fourth-order valence-electron chi connectivity index (χ4n) is 2.90. The molecule has 2 saturated heterocycles. The van der Waals surface area contributed by atoms with Crippen LogP contribution in [-0.4, -0.2) is 40.5 Å². The molecule has 0 aliphatic carbocycles. The largest absolute Gasteiger partial charge is 0.325 e. The SMILES string of the molecule is Cc1cncc(CN2C(=O)NC3(CCNCC3)C2=O)c1. The van der Waals surface area contributed by atoms with Crippen molar-refractivity contribution >= 4 is 11.9 Å². The summed E-state index contributed by atoms with van der Waals surface area (Å²) in [6, 6.07) is 1.65. The number of carbonyl (C=O) groups is 2. The Bertz CT molecular complexity index is 552. The highest BCUT2D eigenvalue weighted by molar-refractivity contribution is 6.07. The van der Waals surface area contributed by atoms with Gasteiger partial charge in [-0.1, -0.05) is 6.07 Å². The van der Waals surface area contributed by atoms with Gasteiger partial charge in [0.2, 0.25) is 0 Å². The van der Waals surface area contributed by atoms with Gasteiger partial charge in [-0.3, -0.25) is 14.7 Å². The van der Waals surface area contributed by atoms with Crippen LogP contribution in [0.1, 0.15) is 24.0 Å². The van der Waals surface area contributed by atoms with Crippen molar-refractivity contribution < 1.29 is 9.59 Å². The lowest BCUT2D eigenvalue weighted by Gasteiger charge is -2.31. The van der Waals surface area contributed by atoms with Gasteiger partial charge < -0.3 is 10.6 Å². The molecule has 2 aliphatic heterocycles. The number of pyridine rings is 1. The van der Waals surface area contributed by atoms with E-state index in [0.717, 1.165) is 24.2 Å². The summed E-state index contributed by atoms with van der Waals surface area (Å²) in [5.41, 5.74) is 1.20. The number of imide groups is 1. The highest BCUT2D eigenvalue weighted by atomic mass is 16.2. The maximum absolute atomic E-state index is 12.6. The lowest BCUT2D eigenvalue weighted by Crippen LogP contribution is -2.53. The summed E-state index contributed by atoms with van der Waals surface area (Å²) in [5.74, 6) is -0.106. The number of carbonyl (C=O) groups excluding carboxylic acids is 2. The van der Waals surface area contributed by atoms with Gasteiger partial charge in [-0.15, -0.1) is 0 Å². The molecule has 1 spiro atoms. The minimum absolute atomic E-state index is 0.106. The quantitative estimate of drug-likeness (QED) is 0.773. The maximum atomic E-state index is 12.6. The number of nitrogens with one attached hydrogen (secondary N) is 2. The van der Waals surface area contributed by atoms with Crippen LogP contribution >= 0.6 is 0 Å². The molecular weight excluding hydrogens is 256 g/mol. The van der Waals surface area contributed by atoms with Gasteiger partial charge in [-0.25, -0.2) is 4.79 Å². The van der Waals surface area contributed by atoms with Gasteiger partial charge in [-0.2, -0.15) is 0 Å². The van der Waals surface area contributed by atoms with Crippen LogP contribution in [-0.2, 0) is 11.3 Å². The van der Waals surface area contributed by atoms with E-state index in [2.05, 4.69) is 15.6 Å². The van der Waals surface area contributed by atoms with Crippen LogP contribution in [0.15, 0.2) is 18.5 Å². The molecule has 0 radical (unpaired) electrons. The third-order valence-electron chi connectivity index (χ3n) is 3.98. The van der Waals surface area contributed by atoms with E-state index in [9.17, 15) is 9.59 Å². The standard InChI is InChI=1S/C14H18N4O2/c1-10-6-11(8-16-7-10)9-18-12(19)14(17-13(18)20)2-4-15-5-3-14/h6-8,15H,2-5,9H2,1H3,(H,17,20). The fraction of sp³-hybridized carbons (Fsp3) is 0.500. The molecule has 0 atom stereocenters. The van der Waals surface area contributed by atoms with Gasteiger partial charge in [0, 0.05) is 12.4 Å². The minimum atomic E-state index is -0.695. The molecule has 1 aromatic rings. The van der Waals surface area contributed by atoms with Gasteiger partial charge in [-0.05, 0) is 44.0 Å². The molecular formula is C14H18N4O2. The Morgan fingerprint density at radius 3 is 2.75 bits per heavy atom. The molecule has 3 amide bonds. The van der Waals surface area contributed by atoms with Crippen molar-refractivity contribution in [2.45, 2.75) is 31.8 Å². The van der Waals surface area contributed by atoms with Crippen LogP contribution in [0.2, 0.25) is 0 Å².